The third-order valence-electron chi connectivity index (χ3n) is 3.78. The van der Waals surface area contributed by atoms with Gasteiger partial charge in [0.2, 0.25) is 5.91 Å². The highest BCUT2D eigenvalue weighted by Gasteiger charge is 2.32. The number of amides is 1. The molecule has 23 heavy (non-hydrogen) atoms. The Morgan fingerprint density at radius 3 is 2.74 bits per heavy atom. The third-order valence-corrected chi connectivity index (χ3v) is 4.08. The van der Waals surface area contributed by atoms with E-state index in [1.807, 2.05) is 0 Å². The van der Waals surface area contributed by atoms with E-state index in [1.165, 1.54) is 24.1 Å². The van der Waals surface area contributed by atoms with Gasteiger partial charge >= 0.3 is 0 Å². The summed E-state index contributed by atoms with van der Waals surface area (Å²) >= 11 is 5.71. The van der Waals surface area contributed by atoms with Crippen molar-refractivity contribution in [2.24, 2.45) is 5.10 Å². The van der Waals surface area contributed by atoms with E-state index in [0.717, 1.165) is 0 Å². The first-order chi connectivity index (χ1) is 11.0. The lowest BCUT2D eigenvalue weighted by molar-refractivity contribution is -0.130. The summed E-state index contributed by atoms with van der Waals surface area (Å²) in [4.78, 5) is 11.9. The van der Waals surface area contributed by atoms with Crippen LogP contribution in [0.4, 0.5) is 4.39 Å². The van der Waals surface area contributed by atoms with Crippen LogP contribution in [-0.4, -0.2) is 21.7 Å². The number of hydrazone groups is 1. The molecule has 0 spiro atoms. The van der Waals surface area contributed by atoms with Gasteiger partial charge in [0.1, 0.15) is 11.6 Å². The van der Waals surface area contributed by atoms with Gasteiger partial charge in [-0.1, -0.05) is 29.8 Å². The van der Waals surface area contributed by atoms with E-state index >= 15 is 0 Å². The Labute approximate surface area is 137 Å². The molecule has 1 heterocycles. The number of rotatable bonds is 2. The van der Waals surface area contributed by atoms with Gasteiger partial charge in [0.15, 0.2) is 0 Å². The van der Waals surface area contributed by atoms with Crippen molar-refractivity contribution in [3.05, 3.63) is 64.4 Å². The van der Waals surface area contributed by atoms with Crippen LogP contribution >= 0.6 is 11.6 Å². The van der Waals surface area contributed by atoms with Crippen molar-refractivity contribution in [3.63, 3.8) is 0 Å². The van der Waals surface area contributed by atoms with E-state index in [-0.39, 0.29) is 16.7 Å². The number of hydrogen-bond acceptors (Lipinski definition) is 3. The van der Waals surface area contributed by atoms with Crippen molar-refractivity contribution >= 4 is 23.2 Å². The summed E-state index contributed by atoms with van der Waals surface area (Å²) in [6, 6.07) is 10.8. The van der Waals surface area contributed by atoms with Crippen molar-refractivity contribution in [1.29, 1.82) is 0 Å². The first-order valence-corrected chi connectivity index (χ1v) is 7.45. The van der Waals surface area contributed by atoms with Crippen LogP contribution in [0.5, 0.6) is 5.75 Å². The van der Waals surface area contributed by atoms with Crippen LogP contribution in [0.1, 0.15) is 30.5 Å². The number of carbonyl (C=O) groups is 1. The van der Waals surface area contributed by atoms with Crippen LogP contribution in [-0.2, 0) is 4.79 Å². The zero-order valence-corrected chi connectivity index (χ0v) is 13.1. The van der Waals surface area contributed by atoms with E-state index in [1.54, 1.807) is 30.3 Å². The SMILES string of the molecule is CC(=O)N1N=C(c2ccccc2O)C[C@@H]1c1ccc(Cl)c(F)c1. The van der Waals surface area contributed by atoms with Crippen LogP contribution in [0, 0.1) is 5.82 Å². The molecular formula is C17H14ClFN2O2. The smallest absolute Gasteiger partial charge is 0.240 e. The molecule has 1 amide bonds. The average molecular weight is 333 g/mol. The molecule has 2 aromatic carbocycles. The molecule has 118 valence electrons. The molecule has 1 atom stereocenters. The Balaban J connectivity index is 1.99. The lowest BCUT2D eigenvalue weighted by Gasteiger charge is -2.20. The van der Waals surface area contributed by atoms with Crippen molar-refractivity contribution in [2.75, 3.05) is 0 Å². The van der Waals surface area contributed by atoms with Gasteiger partial charge in [0.25, 0.3) is 0 Å². The van der Waals surface area contributed by atoms with Crippen molar-refractivity contribution in [2.45, 2.75) is 19.4 Å². The molecule has 0 unspecified atom stereocenters. The second-order valence-electron chi connectivity index (χ2n) is 5.32. The fourth-order valence-corrected chi connectivity index (χ4v) is 2.78. The van der Waals surface area contributed by atoms with Gasteiger partial charge in [-0.05, 0) is 29.8 Å². The number of phenolic OH excluding ortho intramolecular Hbond substituents is 1. The minimum absolute atomic E-state index is 0.0305. The fourth-order valence-electron chi connectivity index (χ4n) is 2.66. The number of phenols is 1. The summed E-state index contributed by atoms with van der Waals surface area (Å²) in [5, 5.41) is 15.6. The van der Waals surface area contributed by atoms with Crippen LogP contribution in [0.25, 0.3) is 0 Å². The Morgan fingerprint density at radius 2 is 2.09 bits per heavy atom. The van der Waals surface area contributed by atoms with Crippen molar-refractivity contribution < 1.29 is 14.3 Å². The molecule has 0 bridgehead atoms. The third kappa shape index (κ3) is 2.92. The highest BCUT2D eigenvalue weighted by Crippen LogP contribution is 2.35. The highest BCUT2D eigenvalue weighted by atomic mass is 35.5. The van der Waals surface area contributed by atoms with Crippen LogP contribution in [0.15, 0.2) is 47.6 Å². The minimum atomic E-state index is -0.538. The zero-order valence-electron chi connectivity index (χ0n) is 12.3. The number of nitrogens with zero attached hydrogens (tertiary/aromatic N) is 2. The maximum atomic E-state index is 13.7. The topological polar surface area (TPSA) is 52.9 Å². The van der Waals surface area contributed by atoms with E-state index in [2.05, 4.69) is 5.10 Å². The highest BCUT2D eigenvalue weighted by molar-refractivity contribution is 6.30. The lowest BCUT2D eigenvalue weighted by atomic mass is 9.98. The molecule has 0 fully saturated rings. The molecule has 4 nitrogen and oxygen atoms in total. The van der Waals surface area contributed by atoms with Crippen LogP contribution < -0.4 is 0 Å². The van der Waals surface area contributed by atoms with Gasteiger partial charge in [0, 0.05) is 18.9 Å². The predicted molar refractivity (Wildman–Crippen MR) is 85.9 cm³/mol. The second-order valence-corrected chi connectivity index (χ2v) is 5.73. The van der Waals surface area contributed by atoms with E-state index in [9.17, 15) is 14.3 Å². The van der Waals surface area contributed by atoms with Crippen LogP contribution in [0.2, 0.25) is 5.02 Å². The van der Waals surface area contributed by atoms with Gasteiger partial charge < -0.3 is 5.11 Å². The van der Waals surface area contributed by atoms with E-state index in [4.69, 9.17) is 11.6 Å². The molecule has 1 aliphatic heterocycles. The van der Waals surface area contributed by atoms with Gasteiger partial charge in [-0.2, -0.15) is 5.10 Å². The normalized spacial score (nSPS) is 17.3. The summed E-state index contributed by atoms with van der Waals surface area (Å²) in [6.45, 7) is 1.40. The van der Waals surface area contributed by atoms with Crippen molar-refractivity contribution in [3.8, 4) is 5.75 Å². The summed E-state index contributed by atoms with van der Waals surface area (Å²) in [5.74, 6) is -0.697. The zero-order chi connectivity index (χ0) is 16.6. The number of benzene rings is 2. The number of para-hydroxylation sites is 1. The molecule has 2 aromatic rings. The molecule has 3 rings (SSSR count). The quantitative estimate of drug-likeness (QED) is 0.907. The summed E-state index contributed by atoms with van der Waals surface area (Å²) < 4.78 is 13.7. The first kappa shape index (κ1) is 15.5. The van der Waals surface area contributed by atoms with E-state index in [0.29, 0.717) is 23.3 Å². The minimum Gasteiger partial charge on any atom is -0.507 e. The first-order valence-electron chi connectivity index (χ1n) is 7.08. The van der Waals surface area contributed by atoms with Gasteiger partial charge in [-0.25, -0.2) is 9.40 Å². The lowest BCUT2D eigenvalue weighted by Crippen LogP contribution is -2.24. The Hall–Kier alpha value is -2.40. The molecule has 0 saturated carbocycles. The number of halogens is 2. The number of aromatic hydroxyl groups is 1. The maximum Gasteiger partial charge on any atom is 0.240 e. The molecule has 1 aliphatic rings. The largest absolute Gasteiger partial charge is 0.507 e. The van der Waals surface area contributed by atoms with E-state index < -0.39 is 11.9 Å². The molecule has 0 radical (unpaired) electrons. The number of hydrogen-bond donors (Lipinski definition) is 1. The summed E-state index contributed by atoms with van der Waals surface area (Å²) in [7, 11) is 0. The summed E-state index contributed by atoms with van der Waals surface area (Å²) in [6.07, 6.45) is 0.387. The molecule has 0 aliphatic carbocycles. The average Bonchev–Trinajstić information content (AvgIpc) is 2.96. The van der Waals surface area contributed by atoms with Crippen molar-refractivity contribution in [1.82, 2.24) is 5.01 Å². The fraction of sp³-hybridized carbons (Fsp3) is 0.176. The predicted octanol–water partition coefficient (Wildman–Crippen LogP) is 3.88. The maximum absolute atomic E-state index is 13.7. The Bertz CT molecular complexity index is 807. The second kappa shape index (κ2) is 6.01. The summed E-state index contributed by atoms with van der Waals surface area (Å²) in [5.41, 5.74) is 1.76. The molecular weight excluding hydrogens is 319 g/mol. The van der Waals surface area contributed by atoms with Gasteiger partial charge in [-0.15, -0.1) is 0 Å². The molecule has 1 N–H and O–H groups in total. The number of carbonyl (C=O) groups excluding carboxylic acids is 1. The van der Waals surface area contributed by atoms with Gasteiger partial charge in [0.05, 0.1) is 16.8 Å². The Kier molecular flexibility index (Phi) is 4.05. The Morgan fingerprint density at radius 1 is 1.35 bits per heavy atom. The monoisotopic (exact) mass is 332 g/mol. The molecule has 6 heteroatoms. The standard InChI is InChI=1S/C17H14ClFN2O2/c1-10(22)21-16(11-6-7-13(18)14(19)8-11)9-15(20-21)12-4-2-3-5-17(12)23/h2-8,16,23H,9H2,1H3/t16-/m1/s1. The van der Waals surface area contributed by atoms with Crippen LogP contribution in [0.3, 0.4) is 0 Å². The molecule has 0 saturated heterocycles. The van der Waals surface area contributed by atoms with Gasteiger partial charge in [-0.3, -0.25) is 4.79 Å². The molecule has 0 aromatic heterocycles.